The fourth-order valence-electron chi connectivity index (χ4n) is 2.18. The molecule has 0 atom stereocenters. The highest BCUT2D eigenvalue weighted by Gasteiger charge is 2.28. The van der Waals surface area contributed by atoms with E-state index in [0.717, 1.165) is 17.7 Å². The Morgan fingerprint density at radius 3 is 2.45 bits per heavy atom. The predicted molar refractivity (Wildman–Crippen MR) is 80.8 cm³/mol. The molecule has 20 heavy (non-hydrogen) atoms. The van der Waals surface area contributed by atoms with E-state index in [-0.39, 0.29) is 23.3 Å². The third kappa shape index (κ3) is 3.60. The third-order valence-corrected chi connectivity index (χ3v) is 4.39. The van der Waals surface area contributed by atoms with Crippen molar-refractivity contribution >= 4 is 23.2 Å². The molecular weight excluding hydrogens is 272 g/mol. The Morgan fingerprint density at radius 2 is 1.95 bits per heavy atom. The highest BCUT2D eigenvalue weighted by Crippen LogP contribution is 2.19. The first-order valence-corrected chi connectivity index (χ1v) is 7.89. The number of likely N-dealkylation sites (tertiary alicyclic amines) is 1. The van der Waals surface area contributed by atoms with E-state index in [2.05, 4.69) is 5.32 Å². The molecule has 1 aliphatic rings. The Balaban J connectivity index is 1.84. The zero-order valence-electron chi connectivity index (χ0n) is 12.3. The molecule has 0 unspecified atom stereocenters. The van der Waals surface area contributed by atoms with Crippen LogP contribution in [-0.2, 0) is 4.79 Å². The van der Waals surface area contributed by atoms with Crippen molar-refractivity contribution in [2.24, 2.45) is 5.41 Å². The third-order valence-electron chi connectivity index (χ3n) is 3.53. The Bertz CT molecular complexity index is 469. The monoisotopic (exact) mass is 294 g/mol. The molecule has 1 saturated heterocycles. The van der Waals surface area contributed by atoms with Gasteiger partial charge in [-0.25, -0.2) is 0 Å². The van der Waals surface area contributed by atoms with E-state index in [4.69, 9.17) is 0 Å². The van der Waals surface area contributed by atoms with Gasteiger partial charge in [0.05, 0.1) is 4.88 Å². The SMILES string of the molecule is CC(C)(C)C(=O)NC1CCN(C(=O)c2cccs2)CC1. The van der Waals surface area contributed by atoms with Crippen molar-refractivity contribution in [1.82, 2.24) is 10.2 Å². The Hall–Kier alpha value is -1.36. The quantitative estimate of drug-likeness (QED) is 0.911. The van der Waals surface area contributed by atoms with Crippen LogP contribution in [0.1, 0.15) is 43.3 Å². The summed E-state index contributed by atoms with van der Waals surface area (Å²) in [5.41, 5.74) is -0.357. The van der Waals surface area contributed by atoms with Gasteiger partial charge in [-0.15, -0.1) is 11.3 Å². The van der Waals surface area contributed by atoms with E-state index in [1.165, 1.54) is 11.3 Å². The molecule has 1 aliphatic heterocycles. The molecular formula is C15H22N2O2S. The summed E-state index contributed by atoms with van der Waals surface area (Å²) >= 11 is 1.48. The van der Waals surface area contributed by atoms with Crippen LogP contribution in [0.2, 0.25) is 0 Å². The lowest BCUT2D eigenvalue weighted by Gasteiger charge is -2.33. The minimum Gasteiger partial charge on any atom is -0.353 e. The Labute approximate surface area is 124 Å². The molecule has 1 aromatic rings. The summed E-state index contributed by atoms with van der Waals surface area (Å²) in [5.74, 6) is 0.195. The number of piperidine rings is 1. The van der Waals surface area contributed by atoms with Gasteiger partial charge in [0, 0.05) is 24.5 Å². The van der Waals surface area contributed by atoms with Gasteiger partial charge in [-0.1, -0.05) is 26.8 Å². The van der Waals surface area contributed by atoms with Gasteiger partial charge in [-0.3, -0.25) is 9.59 Å². The highest BCUT2D eigenvalue weighted by atomic mass is 32.1. The van der Waals surface area contributed by atoms with Crippen LogP contribution in [0.3, 0.4) is 0 Å². The fraction of sp³-hybridized carbons (Fsp3) is 0.600. The second-order valence-electron chi connectivity index (χ2n) is 6.27. The standard InChI is InChI=1S/C15H22N2O2S/c1-15(2,3)14(19)16-11-6-8-17(9-7-11)13(18)12-5-4-10-20-12/h4-5,10-11H,6-9H2,1-3H3,(H,16,19). The molecule has 1 aromatic heterocycles. The lowest BCUT2D eigenvalue weighted by Crippen LogP contribution is -2.48. The number of carbonyl (C=O) groups is 2. The van der Waals surface area contributed by atoms with Crippen LogP contribution in [0, 0.1) is 5.41 Å². The van der Waals surface area contributed by atoms with E-state index in [1.807, 2.05) is 43.2 Å². The molecule has 0 bridgehead atoms. The molecule has 0 radical (unpaired) electrons. The normalized spacial score (nSPS) is 17.1. The lowest BCUT2D eigenvalue weighted by molar-refractivity contribution is -0.129. The Kier molecular flexibility index (Phi) is 4.48. The van der Waals surface area contributed by atoms with E-state index >= 15 is 0 Å². The van der Waals surface area contributed by atoms with Gasteiger partial charge in [0.1, 0.15) is 0 Å². The molecule has 1 fully saturated rings. The van der Waals surface area contributed by atoms with Crippen LogP contribution in [0.25, 0.3) is 0 Å². The number of nitrogens with one attached hydrogen (secondary N) is 1. The van der Waals surface area contributed by atoms with Crippen molar-refractivity contribution in [2.75, 3.05) is 13.1 Å². The first-order chi connectivity index (χ1) is 9.38. The minimum absolute atomic E-state index is 0.0838. The van der Waals surface area contributed by atoms with Crippen molar-refractivity contribution in [3.05, 3.63) is 22.4 Å². The average Bonchev–Trinajstić information content (AvgIpc) is 2.91. The molecule has 0 saturated carbocycles. The van der Waals surface area contributed by atoms with Gasteiger partial charge < -0.3 is 10.2 Å². The largest absolute Gasteiger partial charge is 0.353 e. The maximum absolute atomic E-state index is 12.2. The maximum Gasteiger partial charge on any atom is 0.263 e. The summed E-state index contributed by atoms with van der Waals surface area (Å²) in [6, 6.07) is 3.95. The number of hydrogen-bond acceptors (Lipinski definition) is 3. The van der Waals surface area contributed by atoms with Crippen LogP contribution in [0.15, 0.2) is 17.5 Å². The van der Waals surface area contributed by atoms with Crippen LogP contribution < -0.4 is 5.32 Å². The molecule has 2 heterocycles. The summed E-state index contributed by atoms with van der Waals surface area (Å²) in [5, 5.41) is 5.00. The van der Waals surface area contributed by atoms with Crippen LogP contribution >= 0.6 is 11.3 Å². The molecule has 110 valence electrons. The lowest BCUT2D eigenvalue weighted by atomic mass is 9.94. The highest BCUT2D eigenvalue weighted by molar-refractivity contribution is 7.12. The van der Waals surface area contributed by atoms with E-state index in [9.17, 15) is 9.59 Å². The summed E-state index contributed by atoms with van der Waals surface area (Å²) in [4.78, 5) is 26.8. The second kappa shape index (κ2) is 5.95. The van der Waals surface area contributed by atoms with E-state index in [0.29, 0.717) is 13.1 Å². The van der Waals surface area contributed by atoms with Gasteiger partial charge in [0.15, 0.2) is 0 Å². The van der Waals surface area contributed by atoms with Crippen LogP contribution in [0.4, 0.5) is 0 Å². The van der Waals surface area contributed by atoms with E-state index in [1.54, 1.807) is 0 Å². The molecule has 2 rings (SSSR count). The number of carbonyl (C=O) groups excluding carboxylic acids is 2. The van der Waals surface area contributed by atoms with Crippen LogP contribution in [0.5, 0.6) is 0 Å². The number of nitrogens with zero attached hydrogens (tertiary/aromatic N) is 1. The van der Waals surface area contributed by atoms with Gasteiger partial charge in [0.25, 0.3) is 5.91 Å². The van der Waals surface area contributed by atoms with Gasteiger partial charge in [-0.2, -0.15) is 0 Å². The summed E-state index contributed by atoms with van der Waals surface area (Å²) < 4.78 is 0. The van der Waals surface area contributed by atoms with Crippen molar-refractivity contribution in [1.29, 1.82) is 0 Å². The topological polar surface area (TPSA) is 49.4 Å². The first-order valence-electron chi connectivity index (χ1n) is 7.01. The van der Waals surface area contributed by atoms with E-state index < -0.39 is 0 Å². The smallest absolute Gasteiger partial charge is 0.263 e. The summed E-state index contributed by atoms with van der Waals surface area (Å²) in [7, 11) is 0. The zero-order chi connectivity index (χ0) is 14.8. The van der Waals surface area contributed by atoms with Crippen molar-refractivity contribution in [3.8, 4) is 0 Å². The minimum atomic E-state index is -0.357. The molecule has 1 N–H and O–H groups in total. The van der Waals surface area contributed by atoms with Gasteiger partial charge in [-0.05, 0) is 24.3 Å². The summed E-state index contributed by atoms with van der Waals surface area (Å²) in [6.07, 6.45) is 1.66. The van der Waals surface area contributed by atoms with Crippen molar-refractivity contribution < 1.29 is 9.59 Å². The molecule has 5 heteroatoms. The number of amides is 2. The predicted octanol–water partition coefficient (Wildman–Crippen LogP) is 2.52. The molecule has 0 aromatic carbocycles. The van der Waals surface area contributed by atoms with Crippen LogP contribution in [-0.4, -0.2) is 35.8 Å². The number of hydrogen-bond donors (Lipinski definition) is 1. The molecule has 4 nitrogen and oxygen atoms in total. The Morgan fingerprint density at radius 1 is 1.30 bits per heavy atom. The number of thiophene rings is 1. The zero-order valence-corrected chi connectivity index (χ0v) is 13.1. The second-order valence-corrected chi connectivity index (χ2v) is 7.21. The van der Waals surface area contributed by atoms with Gasteiger partial charge in [0.2, 0.25) is 5.91 Å². The maximum atomic E-state index is 12.2. The average molecular weight is 294 g/mol. The molecule has 0 aliphatic carbocycles. The number of rotatable bonds is 2. The summed E-state index contributed by atoms with van der Waals surface area (Å²) in [6.45, 7) is 7.17. The van der Waals surface area contributed by atoms with Crippen molar-refractivity contribution in [2.45, 2.75) is 39.7 Å². The van der Waals surface area contributed by atoms with Gasteiger partial charge >= 0.3 is 0 Å². The molecule has 2 amide bonds. The molecule has 0 spiro atoms. The van der Waals surface area contributed by atoms with Crippen molar-refractivity contribution in [3.63, 3.8) is 0 Å². The fourth-order valence-corrected chi connectivity index (χ4v) is 2.88. The first kappa shape index (κ1) is 15.0.